The van der Waals surface area contributed by atoms with E-state index >= 15 is 0 Å². The van der Waals surface area contributed by atoms with Crippen molar-refractivity contribution in [2.45, 2.75) is 44.4 Å². The maximum absolute atomic E-state index is 5.94. The van der Waals surface area contributed by atoms with Crippen LogP contribution in [0.4, 0.5) is 5.69 Å². The number of hydrogen-bond acceptors (Lipinski definition) is 3. The van der Waals surface area contributed by atoms with Gasteiger partial charge in [0.2, 0.25) is 0 Å². The Hall–Kier alpha value is -0.580. The van der Waals surface area contributed by atoms with Gasteiger partial charge in [0.1, 0.15) is 0 Å². The number of benzene rings is 1. The average Bonchev–Trinajstić information content (AvgIpc) is 2.46. The fourth-order valence-corrected chi connectivity index (χ4v) is 3.83. The molecule has 3 rings (SSSR count). The summed E-state index contributed by atoms with van der Waals surface area (Å²) < 4.78 is 7.05. The summed E-state index contributed by atoms with van der Waals surface area (Å²) in [4.78, 5) is 2.53. The zero-order chi connectivity index (χ0) is 13.2. The number of hydrogen-bond donors (Lipinski definition) is 1. The molecule has 0 spiro atoms. The molecule has 19 heavy (non-hydrogen) atoms. The van der Waals surface area contributed by atoms with E-state index in [2.05, 4.69) is 39.0 Å². The second kappa shape index (κ2) is 5.81. The smallest absolute Gasteiger partial charge is 0.0779 e. The second-order valence-electron chi connectivity index (χ2n) is 5.43. The number of halogens is 1. The summed E-state index contributed by atoms with van der Waals surface area (Å²) in [6, 6.07) is 7.09. The fraction of sp³-hybridized carbons (Fsp3) is 0.600. The summed E-state index contributed by atoms with van der Waals surface area (Å²) >= 11 is 3.62. The van der Waals surface area contributed by atoms with Crippen LogP contribution in [0.25, 0.3) is 0 Å². The van der Waals surface area contributed by atoms with Crippen molar-refractivity contribution in [3.05, 3.63) is 28.2 Å². The molecule has 1 heterocycles. The maximum atomic E-state index is 5.94. The highest BCUT2D eigenvalue weighted by atomic mass is 79.9. The first kappa shape index (κ1) is 13.4. The van der Waals surface area contributed by atoms with Crippen LogP contribution in [0.5, 0.6) is 0 Å². The minimum atomic E-state index is 0.426. The summed E-state index contributed by atoms with van der Waals surface area (Å²) in [5.41, 5.74) is 8.18. The fourth-order valence-electron chi connectivity index (χ4n) is 3.30. The van der Waals surface area contributed by atoms with Crippen molar-refractivity contribution in [2.24, 2.45) is 5.73 Å². The van der Waals surface area contributed by atoms with Crippen LogP contribution >= 0.6 is 15.9 Å². The SMILES string of the molecule is NCc1ccc(N2CCOC3CCCCC32)cc1Br. The Bertz CT molecular complexity index is 450. The predicted molar refractivity (Wildman–Crippen MR) is 81.4 cm³/mol. The summed E-state index contributed by atoms with van der Waals surface area (Å²) in [6.45, 7) is 2.42. The van der Waals surface area contributed by atoms with Crippen LogP contribution in [0.3, 0.4) is 0 Å². The van der Waals surface area contributed by atoms with Crippen LogP contribution in [0.1, 0.15) is 31.2 Å². The lowest BCUT2D eigenvalue weighted by molar-refractivity contribution is -0.00868. The van der Waals surface area contributed by atoms with E-state index in [1.165, 1.54) is 31.4 Å². The number of ether oxygens (including phenoxy) is 1. The number of fused-ring (bicyclic) bond motifs is 1. The first-order valence-electron chi connectivity index (χ1n) is 7.16. The van der Waals surface area contributed by atoms with Gasteiger partial charge in [-0.3, -0.25) is 0 Å². The molecule has 0 aromatic heterocycles. The van der Waals surface area contributed by atoms with Gasteiger partial charge in [-0.25, -0.2) is 0 Å². The Balaban J connectivity index is 1.85. The van der Waals surface area contributed by atoms with Crippen molar-refractivity contribution in [1.29, 1.82) is 0 Å². The minimum absolute atomic E-state index is 0.426. The van der Waals surface area contributed by atoms with Gasteiger partial charge in [0.05, 0.1) is 18.8 Å². The van der Waals surface area contributed by atoms with E-state index in [4.69, 9.17) is 10.5 Å². The molecule has 2 N–H and O–H groups in total. The van der Waals surface area contributed by atoms with Gasteiger partial charge in [-0.15, -0.1) is 0 Å². The standard InChI is InChI=1S/C15H21BrN2O/c16-13-9-12(6-5-11(13)10-17)18-7-8-19-15-4-2-1-3-14(15)18/h5-6,9,14-15H,1-4,7-8,10,17H2. The van der Waals surface area contributed by atoms with Crippen LogP contribution in [-0.4, -0.2) is 25.3 Å². The number of anilines is 1. The lowest BCUT2D eigenvalue weighted by Crippen LogP contribution is -2.52. The Morgan fingerprint density at radius 2 is 2.16 bits per heavy atom. The molecule has 4 heteroatoms. The van der Waals surface area contributed by atoms with E-state index in [9.17, 15) is 0 Å². The number of morpholine rings is 1. The third-order valence-electron chi connectivity index (χ3n) is 4.32. The van der Waals surface area contributed by atoms with Gasteiger partial charge in [0, 0.05) is 23.2 Å². The molecule has 104 valence electrons. The summed E-state index contributed by atoms with van der Waals surface area (Å²) in [7, 11) is 0. The van der Waals surface area contributed by atoms with Gasteiger partial charge in [0.15, 0.2) is 0 Å². The molecule has 1 aliphatic heterocycles. The quantitative estimate of drug-likeness (QED) is 0.908. The molecule has 2 fully saturated rings. The molecule has 2 aliphatic rings. The summed E-state index contributed by atoms with van der Waals surface area (Å²) in [5.74, 6) is 0. The second-order valence-corrected chi connectivity index (χ2v) is 6.29. The minimum Gasteiger partial charge on any atom is -0.374 e. The zero-order valence-electron chi connectivity index (χ0n) is 11.1. The van der Waals surface area contributed by atoms with Crippen LogP contribution in [0, 0.1) is 0 Å². The molecule has 1 aliphatic carbocycles. The van der Waals surface area contributed by atoms with E-state index in [1.54, 1.807) is 0 Å². The monoisotopic (exact) mass is 324 g/mol. The molecule has 1 saturated heterocycles. The Morgan fingerprint density at radius 1 is 1.32 bits per heavy atom. The van der Waals surface area contributed by atoms with Gasteiger partial charge in [-0.1, -0.05) is 34.8 Å². The zero-order valence-corrected chi connectivity index (χ0v) is 12.7. The Labute approximate surface area is 123 Å². The number of nitrogens with two attached hydrogens (primary N) is 1. The molecule has 0 bridgehead atoms. The average molecular weight is 325 g/mol. The van der Waals surface area contributed by atoms with Crippen molar-refractivity contribution >= 4 is 21.6 Å². The van der Waals surface area contributed by atoms with Crippen LogP contribution in [-0.2, 0) is 11.3 Å². The molecule has 3 nitrogen and oxygen atoms in total. The largest absolute Gasteiger partial charge is 0.374 e. The van der Waals surface area contributed by atoms with Crippen molar-refractivity contribution in [2.75, 3.05) is 18.1 Å². The maximum Gasteiger partial charge on any atom is 0.0779 e. The van der Waals surface area contributed by atoms with E-state index in [-0.39, 0.29) is 0 Å². The van der Waals surface area contributed by atoms with Crippen molar-refractivity contribution in [3.63, 3.8) is 0 Å². The molecule has 1 saturated carbocycles. The van der Waals surface area contributed by atoms with Crippen molar-refractivity contribution < 1.29 is 4.74 Å². The molecule has 1 aromatic carbocycles. The topological polar surface area (TPSA) is 38.5 Å². The van der Waals surface area contributed by atoms with Gasteiger partial charge < -0.3 is 15.4 Å². The molecule has 2 unspecified atom stereocenters. The molecule has 1 aromatic rings. The van der Waals surface area contributed by atoms with Crippen LogP contribution < -0.4 is 10.6 Å². The molecular formula is C15H21BrN2O. The third kappa shape index (κ3) is 2.67. The van der Waals surface area contributed by atoms with E-state index in [0.717, 1.165) is 23.2 Å². The highest BCUT2D eigenvalue weighted by Gasteiger charge is 2.34. The van der Waals surface area contributed by atoms with Gasteiger partial charge >= 0.3 is 0 Å². The van der Waals surface area contributed by atoms with Crippen LogP contribution in [0.2, 0.25) is 0 Å². The Kier molecular flexibility index (Phi) is 4.10. The van der Waals surface area contributed by atoms with Gasteiger partial charge in [-0.05, 0) is 30.5 Å². The first-order chi connectivity index (χ1) is 9.29. The number of rotatable bonds is 2. The molecule has 2 atom stereocenters. The van der Waals surface area contributed by atoms with Crippen molar-refractivity contribution in [3.8, 4) is 0 Å². The highest BCUT2D eigenvalue weighted by Crippen LogP contribution is 2.33. The first-order valence-corrected chi connectivity index (χ1v) is 7.95. The lowest BCUT2D eigenvalue weighted by atomic mass is 9.89. The van der Waals surface area contributed by atoms with Crippen LogP contribution in [0.15, 0.2) is 22.7 Å². The third-order valence-corrected chi connectivity index (χ3v) is 5.06. The summed E-state index contributed by atoms with van der Waals surface area (Å²) in [5, 5.41) is 0. The van der Waals surface area contributed by atoms with E-state index in [1.807, 2.05) is 0 Å². The Morgan fingerprint density at radius 3 is 2.95 bits per heavy atom. The normalized spacial score (nSPS) is 27.2. The number of nitrogens with zero attached hydrogens (tertiary/aromatic N) is 1. The van der Waals surface area contributed by atoms with Gasteiger partial charge in [-0.2, -0.15) is 0 Å². The summed E-state index contributed by atoms with van der Waals surface area (Å²) in [6.07, 6.45) is 5.52. The predicted octanol–water partition coefficient (Wildman–Crippen LogP) is 3.06. The molecule has 0 radical (unpaired) electrons. The van der Waals surface area contributed by atoms with Gasteiger partial charge in [0.25, 0.3) is 0 Å². The van der Waals surface area contributed by atoms with E-state index in [0.29, 0.717) is 18.7 Å². The van der Waals surface area contributed by atoms with Crippen molar-refractivity contribution in [1.82, 2.24) is 0 Å². The molecule has 0 amide bonds. The van der Waals surface area contributed by atoms with E-state index < -0.39 is 0 Å². The molecular weight excluding hydrogens is 304 g/mol. The lowest BCUT2D eigenvalue weighted by Gasteiger charge is -2.45. The highest BCUT2D eigenvalue weighted by molar-refractivity contribution is 9.10.